The molecule has 0 aromatic carbocycles. The lowest BCUT2D eigenvalue weighted by Gasteiger charge is -2.28. The number of halogens is 1. The van der Waals surface area contributed by atoms with Crippen molar-refractivity contribution in [3.05, 3.63) is 23.5 Å². The summed E-state index contributed by atoms with van der Waals surface area (Å²) in [7, 11) is 2.08. The first-order valence-electron chi connectivity index (χ1n) is 5.66. The first-order chi connectivity index (χ1) is 7.75. The third-order valence-electron chi connectivity index (χ3n) is 2.94. The first kappa shape index (κ1) is 11.7. The zero-order valence-corrected chi connectivity index (χ0v) is 10.3. The van der Waals surface area contributed by atoms with Crippen molar-refractivity contribution in [2.24, 2.45) is 5.92 Å². The van der Waals surface area contributed by atoms with Gasteiger partial charge in [-0.2, -0.15) is 0 Å². The molecular formula is C12H17ClN2O. The number of anilines is 1. The molecule has 1 unspecified atom stereocenters. The van der Waals surface area contributed by atoms with Gasteiger partial charge in [0, 0.05) is 32.1 Å². The quantitative estimate of drug-likeness (QED) is 0.760. The number of hydrogen-bond donors (Lipinski definition) is 0. The monoisotopic (exact) mass is 240 g/mol. The summed E-state index contributed by atoms with van der Waals surface area (Å²) in [5.41, 5.74) is 1.12. The van der Waals surface area contributed by atoms with Crippen LogP contribution in [0.25, 0.3) is 0 Å². The van der Waals surface area contributed by atoms with Crippen molar-refractivity contribution in [1.29, 1.82) is 0 Å². The Kier molecular flexibility index (Phi) is 4.02. The van der Waals surface area contributed by atoms with Crippen molar-refractivity contribution in [3.63, 3.8) is 0 Å². The number of nitrogens with zero attached hydrogens (tertiary/aromatic N) is 2. The van der Waals surface area contributed by atoms with E-state index in [0.717, 1.165) is 25.4 Å². The van der Waals surface area contributed by atoms with Crippen molar-refractivity contribution in [2.75, 3.05) is 31.7 Å². The van der Waals surface area contributed by atoms with Gasteiger partial charge in [0.15, 0.2) is 0 Å². The van der Waals surface area contributed by atoms with E-state index in [1.54, 1.807) is 6.20 Å². The molecule has 1 aliphatic heterocycles. The summed E-state index contributed by atoms with van der Waals surface area (Å²) in [6.45, 7) is 2.81. The second-order valence-electron chi connectivity index (χ2n) is 4.30. The lowest BCUT2D eigenvalue weighted by atomic mass is 10.0. The van der Waals surface area contributed by atoms with Crippen LogP contribution in [0.1, 0.15) is 12.8 Å². The molecule has 2 rings (SSSR count). The van der Waals surface area contributed by atoms with Crippen LogP contribution in [0.3, 0.4) is 0 Å². The molecule has 1 aromatic heterocycles. The molecule has 0 amide bonds. The highest BCUT2D eigenvalue weighted by Crippen LogP contribution is 2.20. The molecule has 3 nitrogen and oxygen atoms in total. The number of hydrogen-bond acceptors (Lipinski definition) is 3. The Balaban J connectivity index is 1.94. The summed E-state index contributed by atoms with van der Waals surface area (Å²) >= 11 is 5.87. The van der Waals surface area contributed by atoms with E-state index in [1.165, 1.54) is 12.8 Å². The Morgan fingerprint density at radius 1 is 1.62 bits per heavy atom. The summed E-state index contributed by atoms with van der Waals surface area (Å²) in [6, 6.07) is 3.88. The van der Waals surface area contributed by atoms with Gasteiger partial charge in [-0.1, -0.05) is 11.6 Å². The number of rotatable bonds is 3. The molecule has 1 atom stereocenters. The molecule has 0 N–H and O–H groups in total. The fourth-order valence-electron chi connectivity index (χ4n) is 2.07. The van der Waals surface area contributed by atoms with Crippen LogP contribution in [-0.4, -0.2) is 31.8 Å². The molecule has 1 fully saturated rings. The van der Waals surface area contributed by atoms with Crippen molar-refractivity contribution in [3.8, 4) is 0 Å². The highest BCUT2D eigenvalue weighted by molar-refractivity contribution is 6.29. The predicted molar refractivity (Wildman–Crippen MR) is 66.1 cm³/mol. The highest BCUT2D eigenvalue weighted by atomic mass is 35.5. The molecule has 2 heterocycles. The van der Waals surface area contributed by atoms with Crippen molar-refractivity contribution in [1.82, 2.24) is 4.98 Å². The minimum Gasteiger partial charge on any atom is -0.381 e. The van der Waals surface area contributed by atoms with Crippen LogP contribution in [0.2, 0.25) is 5.15 Å². The Bertz CT molecular complexity index is 340. The van der Waals surface area contributed by atoms with E-state index in [0.29, 0.717) is 11.1 Å². The van der Waals surface area contributed by atoms with Gasteiger partial charge in [0.05, 0.1) is 6.61 Å². The molecular weight excluding hydrogens is 224 g/mol. The summed E-state index contributed by atoms with van der Waals surface area (Å²) in [4.78, 5) is 6.20. The summed E-state index contributed by atoms with van der Waals surface area (Å²) < 4.78 is 5.48. The van der Waals surface area contributed by atoms with Crippen LogP contribution in [-0.2, 0) is 4.74 Å². The van der Waals surface area contributed by atoms with Crippen molar-refractivity contribution in [2.45, 2.75) is 12.8 Å². The van der Waals surface area contributed by atoms with Gasteiger partial charge in [-0.3, -0.25) is 0 Å². The summed E-state index contributed by atoms with van der Waals surface area (Å²) in [6.07, 6.45) is 4.17. The normalized spacial score (nSPS) is 20.8. The fraction of sp³-hybridized carbons (Fsp3) is 0.583. The maximum absolute atomic E-state index is 5.87. The van der Waals surface area contributed by atoms with E-state index < -0.39 is 0 Å². The predicted octanol–water partition coefficient (Wildman–Crippen LogP) is 2.60. The maximum Gasteiger partial charge on any atom is 0.131 e. The number of ether oxygens (including phenoxy) is 1. The Morgan fingerprint density at radius 3 is 3.19 bits per heavy atom. The van der Waals surface area contributed by atoms with Gasteiger partial charge in [-0.25, -0.2) is 4.98 Å². The van der Waals surface area contributed by atoms with E-state index in [9.17, 15) is 0 Å². The van der Waals surface area contributed by atoms with E-state index >= 15 is 0 Å². The molecule has 0 spiro atoms. The fourth-order valence-corrected chi connectivity index (χ4v) is 2.24. The van der Waals surface area contributed by atoms with Crippen LogP contribution in [0, 0.1) is 5.92 Å². The van der Waals surface area contributed by atoms with Crippen LogP contribution < -0.4 is 4.90 Å². The minimum atomic E-state index is 0.546. The van der Waals surface area contributed by atoms with E-state index in [1.807, 2.05) is 12.1 Å². The minimum absolute atomic E-state index is 0.546. The van der Waals surface area contributed by atoms with E-state index in [2.05, 4.69) is 16.9 Å². The van der Waals surface area contributed by atoms with Crippen molar-refractivity contribution < 1.29 is 4.74 Å². The molecule has 0 aliphatic carbocycles. The van der Waals surface area contributed by atoms with Gasteiger partial charge in [-0.05, 0) is 30.9 Å². The molecule has 4 heteroatoms. The van der Waals surface area contributed by atoms with Gasteiger partial charge in [0.25, 0.3) is 0 Å². The van der Waals surface area contributed by atoms with Gasteiger partial charge < -0.3 is 9.64 Å². The second kappa shape index (κ2) is 5.51. The zero-order valence-electron chi connectivity index (χ0n) is 9.53. The average Bonchev–Trinajstić information content (AvgIpc) is 2.30. The molecule has 1 aromatic rings. The van der Waals surface area contributed by atoms with E-state index in [4.69, 9.17) is 16.3 Å². The highest BCUT2D eigenvalue weighted by Gasteiger charge is 2.16. The Labute approximate surface area is 101 Å². The third-order valence-corrected chi connectivity index (χ3v) is 3.14. The molecule has 1 aliphatic rings. The smallest absolute Gasteiger partial charge is 0.131 e. The molecule has 0 bridgehead atoms. The van der Waals surface area contributed by atoms with Crippen LogP contribution in [0.4, 0.5) is 5.69 Å². The topological polar surface area (TPSA) is 25.4 Å². The molecule has 1 saturated heterocycles. The first-order valence-corrected chi connectivity index (χ1v) is 6.04. The molecule has 0 saturated carbocycles. The standard InChI is InChI=1S/C12H17ClN2O/c1-15(8-10-3-2-6-16-9-10)11-4-5-14-12(13)7-11/h4-5,7,10H,2-3,6,8-9H2,1H3. The third kappa shape index (κ3) is 3.09. The summed E-state index contributed by atoms with van der Waals surface area (Å²) in [5, 5.41) is 0.546. The Morgan fingerprint density at radius 2 is 2.50 bits per heavy atom. The summed E-state index contributed by atoms with van der Waals surface area (Å²) in [5.74, 6) is 0.630. The molecule has 16 heavy (non-hydrogen) atoms. The maximum atomic E-state index is 5.87. The molecule has 88 valence electrons. The van der Waals surface area contributed by atoms with Gasteiger partial charge in [0.1, 0.15) is 5.15 Å². The number of aromatic nitrogens is 1. The zero-order chi connectivity index (χ0) is 11.4. The average molecular weight is 241 g/mol. The Hall–Kier alpha value is -0.800. The van der Waals surface area contributed by atoms with Gasteiger partial charge in [0.2, 0.25) is 0 Å². The van der Waals surface area contributed by atoms with Gasteiger partial charge >= 0.3 is 0 Å². The van der Waals surface area contributed by atoms with Crippen LogP contribution >= 0.6 is 11.6 Å². The van der Waals surface area contributed by atoms with Gasteiger partial charge in [-0.15, -0.1) is 0 Å². The van der Waals surface area contributed by atoms with Crippen LogP contribution in [0.5, 0.6) is 0 Å². The largest absolute Gasteiger partial charge is 0.381 e. The SMILES string of the molecule is CN(CC1CCCOC1)c1ccnc(Cl)c1. The lowest BCUT2D eigenvalue weighted by molar-refractivity contribution is 0.0576. The lowest BCUT2D eigenvalue weighted by Crippen LogP contribution is -2.30. The molecule has 0 radical (unpaired) electrons. The number of pyridine rings is 1. The second-order valence-corrected chi connectivity index (χ2v) is 4.69. The van der Waals surface area contributed by atoms with Crippen LogP contribution in [0.15, 0.2) is 18.3 Å². The van der Waals surface area contributed by atoms with Crippen molar-refractivity contribution >= 4 is 17.3 Å². The van der Waals surface area contributed by atoms with E-state index in [-0.39, 0.29) is 0 Å².